The molecule has 7 heterocycles. The smallest absolute Gasteiger partial charge is 0.756 e. The number of fused-ring (bicyclic) bond motifs is 7. The average molecular weight is 1360 g/mol. The standard InChI is InChI=1S/C61H88N13O14P.Co.N3/c1-28-19-39-40(20-29(28)2)74(27-69-39)57-52(83)53(41(26-75)86-57)88-89(84,85)87-30(3)25-68-49(82)17-18-59(8)37(22-47(66)80)56-61(10)36(21-46(65)79)33(11-14-43(62)76)50(73-61)31(4)55-60(9,24-48(67)81)34(12-15-44(63)77)38(70-55)23-42-58(6,7)35(13-16-45(64)78)51(71-42)32(5)54(59)72-56;;1-3-2/h19-20,23,27,30,33-37,41,52-53,56-57,70,75,83H,11-18,21-22,24-26H2,1-10H3,(H2,62,76)(H2,63,77)(H2,64,78)(H2,65,79)(H2,66,80)(H2,67,81)(H,68,82)(H,84,85);;/q;+2;-1/p-1/b38-23-,51-32-,55-31-;;/t30?,33-,34+,35+,36-,37-,41+,52+,53+,56?,57-,59+,60-,61+;;/m0../s1. The van der Waals surface area contributed by atoms with E-state index in [9.17, 15) is 53.2 Å². The molecule has 1 aromatic carbocycles. The van der Waals surface area contributed by atoms with E-state index < -0.39 is 144 Å². The predicted octanol–water partition coefficient (Wildman–Crippen LogP) is 3.00. The normalized spacial score (nSPS) is 32.3. The first-order valence-electron chi connectivity index (χ1n) is 30.6. The molecule has 6 aliphatic heterocycles. The van der Waals surface area contributed by atoms with Gasteiger partial charge in [0.2, 0.25) is 41.4 Å². The van der Waals surface area contributed by atoms with Gasteiger partial charge in [0.1, 0.15) is 18.3 Å². The summed E-state index contributed by atoms with van der Waals surface area (Å²) in [5, 5.41) is 28.1. The number of carbonyl (C=O) groups is 7. The molecule has 8 rings (SSSR count). The fourth-order valence-electron chi connectivity index (χ4n) is 15.1. The van der Waals surface area contributed by atoms with Crippen molar-refractivity contribution < 1.29 is 83.8 Å². The van der Waals surface area contributed by atoms with Gasteiger partial charge >= 0.3 is 16.8 Å². The van der Waals surface area contributed by atoms with Crippen LogP contribution in [0.1, 0.15) is 143 Å². The number of aliphatic hydroxyl groups excluding tert-OH is 2. The molecular formula is C61H87CoN16O14P. The number of phosphoric ester groups is 1. The van der Waals surface area contributed by atoms with Crippen LogP contribution in [0.2, 0.25) is 0 Å². The third kappa shape index (κ3) is 15.5. The summed E-state index contributed by atoms with van der Waals surface area (Å²) in [6.45, 7) is 17.2. The molecule has 8 bridgehead atoms. The summed E-state index contributed by atoms with van der Waals surface area (Å²) in [6.07, 6.45) is -4.45. The molecule has 32 heteroatoms. The first-order chi connectivity index (χ1) is 42.9. The fourth-order valence-corrected chi connectivity index (χ4v) is 16.2. The predicted molar refractivity (Wildman–Crippen MR) is 337 cm³/mol. The van der Waals surface area contributed by atoms with Gasteiger partial charge in [-0.25, -0.2) is 4.98 Å². The van der Waals surface area contributed by atoms with Crippen molar-refractivity contribution in [3.05, 3.63) is 79.9 Å². The largest absolute Gasteiger partial charge is 2.00 e. The van der Waals surface area contributed by atoms with E-state index in [0.29, 0.717) is 56.4 Å². The van der Waals surface area contributed by atoms with Crippen molar-refractivity contribution in [1.82, 2.24) is 20.2 Å². The van der Waals surface area contributed by atoms with E-state index in [1.165, 1.54) is 22.7 Å². The number of aromatic nitrogens is 2. The van der Waals surface area contributed by atoms with Gasteiger partial charge in [0.05, 0.1) is 41.7 Å². The van der Waals surface area contributed by atoms with Crippen molar-refractivity contribution in [3.8, 4) is 0 Å². The van der Waals surface area contributed by atoms with Crippen LogP contribution in [-0.4, -0.2) is 127 Å². The number of aliphatic imine (C=N–C) groups is 3. The monoisotopic (exact) mass is 1360 g/mol. The molecule has 15 atom stereocenters. The van der Waals surface area contributed by atoms with E-state index in [2.05, 4.69) is 15.6 Å². The number of primary amides is 6. The first kappa shape index (κ1) is 74.9. The summed E-state index contributed by atoms with van der Waals surface area (Å²) in [5.74, 6) is -7.94. The maximum absolute atomic E-state index is 14.3. The van der Waals surface area contributed by atoms with Crippen molar-refractivity contribution >= 4 is 77.3 Å². The number of benzene rings is 1. The summed E-state index contributed by atoms with van der Waals surface area (Å²) < 4.78 is 31.8. The van der Waals surface area contributed by atoms with Gasteiger partial charge in [-0.05, 0) is 108 Å². The number of amides is 7. The van der Waals surface area contributed by atoms with Gasteiger partial charge < -0.3 is 89.6 Å². The molecule has 3 unspecified atom stereocenters. The number of allylic oxidation sites excluding steroid dienone is 6. The van der Waals surface area contributed by atoms with Crippen LogP contribution in [0.4, 0.5) is 0 Å². The van der Waals surface area contributed by atoms with Gasteiger partial charge in [0, 0.05) is 132 Å². The van der Waals surface area contributed by atoms with Crippen LogP contribution in [0.25, 0.3) is 27.0 Å². The van der Waals surface area contributed by atoms with Gasteiger partial charge in [0.25, 0.3) is 7.82 Å². The van der Waals surface area contributed by atoms with Crippen molar-refractivity contribution in [3.63, 3.8) is 0 Å². The Hall–Kier alpha value is -7.18. The molecule has 1 radical (unpaired) electrons. The topological polar surface area (TPSA) is 522 Å². The molecule has 2 saturated heterocycles. The Balaban J connectivity index is 0.00000336. The number of rotatable bonds is 26. The maximum atomic E-state index is 14.3. The van der Waals surface area contributed by atoms with E-state index in [1.54, 1.807) is 0 Å². The number of hydrogen-bond donors (Lipinski definition) is 10. The second kappa shape index (κ2) is 29.2. The molecule has 30 nitrogen and oxygen atoms in total. The van der Waals surface area contributed by atoms with Crippen LogP contribution in [-0.2, 0) is 68.7 Å². The minimum atomic E-state index is -5.31. The summed E-state index contributed by atoms with van der Waals surface area (Å²) in [7, 11) is -5.31. The molecule has 93 heavy (non-hydrogen) atoms. The molecule has 509 valence electrons. The number of ether oxygens (including phenoxy) is 1. The molecule has 1 aromatic heterocycles. The summed E-state index contributed by atoms with van der Waals surface area (Å²) in [5.41, 5.74) is 52.0. The number of aliphatic hydroxyl groups is 2. The second-order valence-corrected chi connectivity index (χ2v) is 27.8. The van der Waals surface area contributed by atoms with Crippen LogP contribution < -0.4 is 49.9 Å². The van der Waals surface area contributed by atoms with Gasteiger partial charge in [-0.3, -0.25) is 58.0 Å². The Morgan fingerprint density at radius 1 is 0.839 bits per heavy atom. The average Bonchev–Trinajstić information content (AvgIpc) is 1.55. The van der Waals surface area contributed by atoms with Crippen LogP contribution in [0.3, 0.4) is 0 Å². The number of phosphoric acid groups is 1. The van der Waals surface area contributed by atoms with Crippen molar-refractivity contribution in [2.75, 3.05) is 13.2 Å². The van der Waals surface area contributed by atoms with Gasteiger partial charge in [0.15, 0.2) is 6.23 Å². The zero-order valence-corrected chi connectivity index (χ0v) is 55.9. The van der Waals surface area contributed by atoms with E-state index in [-0.39, 0.29) is 94.0 Å². The second-order valence-electron chi connectivity index (χ2n) is 26.5. The number of nitrogens with one attached hydrogen (secondary N) is 2. The fraction of sp³-hybridized carbons (Fsp3) is 0.623. The number of carbonyl (C=O) groups excluding carboxylic acids is 7. The van der Waals surface area contributed by atoms with E-state index in [4.69, 9.17) is 74.2 Å². The van der Waals surface area contributed by atoms with Gasteiger partial charge in [-0.1, -0.05) is 27.7 Å². The molecule has 6 aliphatic rings. The third-order valence-electron chi connectivity index (χ3n) is 19.9. The van der Waals surface area contributed by atoms with Gasteiger partial charge in [-0.2, -0.15) is 0 Å². The van der Waals surface area contributed by atoms with Crippen LogP contribution >= 0.6 is 7.82 Å². The third-order valence-corrected chi connectivity index (χ3v) is 21.0. The minimum Gasteiger partial charge on any atom is -0.756 e. The zero-order chi connectivity index (χ0) is 68.5. The Labute approximate surface area is 549 Å². The summed E-state index contributed by atoms with van der Waals surface area (Å²) in [6, 6.07) is 2.70. The Morgan fingerprint density at radius 2 is 1.42 bits per heavy atom. The van der Waals surface area contributed by atoms with Crippen LogP contribution in [0.15, 0.2) is 67.8 Å². The Bertz CT molecular complexity index is 3600. The molecule has 0 aliphatic carbocycles. The number of imidazole rings is 1. The summed E-state index contributed by atoms with van der Waals surface area (Å²) in [4.78, 5) is 129. The van der Waals surface area contributed by atoms with Crippen LogP contribution in [0, 0.1) is 59.7 Å². The Morgan fingerprint density at radius 3 is 2.00 bits per heavy atom. The number of nitrogens with zero attached hydrogens (tertiary/aromatic N) is 8. The molecule has 16 N–H and O–H groups in total. The number of nitrogens with two attached hydrogens (primary N) is 6. The minimum absolute atomic E-state index is 0. The van der Waals surface area contributed by atoms with Crippen LogP contribution in [0.5, 0.6) is 0 Å². The first-order valence-corrected chi connectivity index (χ1v) is 32.0. The molecule has 2 aromatic rings. The van der Waals surface area contributed by atoms with Crippen molar-refractivity contribution in [2.24, 2.45) is 95.2 Å². The molecule has 0 spiro atoms. The summed E-state index contributed by atoms with van der Waals surface area (Å²) >= 11 is 0. The van der Waals surface area contributed by atoms with E-state index >= 15 is 0 Å². The van der Waals surface area contributed by atoms with E-state index in [1.807, 2.05) is 80.5 Å². The maximum Gasteiger partial charge on any atom is 2.00 e. The number of hydrogen-bond acceptors (Lipinski definition) is 19. The molecule has 0 saturated carbocycles. The molecule has 7 amide bonds. The quantitative estimate of drug-likeness (QED) is 0.0280. The zero-order valence-electron chi connectivity index (χ0n) is 54.0. The molecule has 2 fully saturated rings. The Kier molecular flexibility index (Phi) is 23.5. The van der Waals surface area contributed by atoms with E-state index in [0.717, 1.165) is 11.1 Å². The SMILES string of the molecule is C/C1=C2N=C(/C=C3\N/C(=C(/C)C4=N[C@@](C)(C5N=C1[C@](C)(CCC(=O)NCC(C)OP(=O)([O-])O[C@H]1[C@@H](O)[C@@H](n6cnc7cc(C)c(C)cc76)O[C@@H]1CO)[C@H]5CC(N)=O)[C@@H](CC(N)=O)[C@@H]4CCC(N)=O)[C@@](C)(CC(N)=O)[C@@H]3CCC(N)=O)C(C)(C)[C@@H]/2CCC(N)=O.[Co+2].[N-]=[N+]=[N-]. The number of aryl methyl sites for hydroxylation is 2. The van der Waals surface area contributed by atoms with Crippen molar-refractivity contribution in [2.45, 2.75) is 182 Å². The molecular weight excluding hydrogens is 1270 g/mol. The van der Waals surface area contributed by atoms with Gasteiger partial charge in [-0.15, -0.1) is 0 Å². The van der Waals surface area contributed by atoms with Crippen molar-refractivity contribution in [1.29, 1.82) is 0 Å².